The summed E-state index contributed by atoms with van der Waals surface area (Å²) in [4.78, 5) is 18.9. The van der Waals surface area contributed by atoms with Gasteiger partial charge in [-0.3, -0.25) is 0 Å². The Morgan fingerprint density at radius 3 is 2.83 bits per heavy atom. The summed E-state index contributed by atoms with van der Waals surface area (Å²) in [6.45, 7) is 9.73. The largest absolute Gasteiger partial charge is 0.487 e. The minimum Gasteiger partial charge on any atom is -0.487 e. The average molecular weight is 552 g/mol. The highest BCUT2D eigenvalue weighted by Crippen LogP contribution is 2.38. The van der Waals surface area contributed by atoms with Gasteiger partial charge in [-0.2, -0.15) is 0 Å². The molecule has 6 rings (SSSR count). The number of likely N-dealkylation sites (N-methyl/N-ethyl adjacent to an activating group) is 1. The Kier molecular flexibility index (Phi) is 7.36. The summed E-state index contributed by atoms with van der Waals surface area (Å²) in [5.74, 6) is 3.96. The lowest BCUT2D eigenvalue weighted by Gasteiger charge is -2.44. The number of hydrogen-bond acceptors (Lipinski definition) is 7. The first-order valence-corrected chi connectivity index (χ1v) is 14.2. The van der Waals surface area contributed by atoms with Crippen LogP contribution < -0.4 is 19.7 Å². The van der Waals surface area contributed by atoms with Crippen molar-refractivity contribution in [1.82, 2.24) is 19.4 Å². The minimum absolute atomic E-state index is 0.297. The molecule has 41 heavy (non-hydrogen) atoms. The van der Waals surface area contributed by atoms with Crippen LogP contribution in [0.4, 0.5) is 11.5 Å². The third kappa shape index (κ3) is 5.37. The number of nitrogens with one attached hydrogen (secondary N) is 1. The van der Waals surface area contributed by atoms with Crippen LogP contribution in [-0.4, -0.2) is 64.6 Å². The molecule has 0 spiro atoms. The first-order chi connectivity index (χ1) is 19.9. The summed E-state index contributed by atoms with van der Waals surface area (Å²) in [5, 5.41) is 3.58. The van der Waals surface area contributed by atoms with Gasteiger partial charge < -0.3 is 29.2 Å². The third-order valence-corrected chi connectivity index (χ3v) is 7.73. The molecular weight excluding hydrogens is 514 g/mol. The van der Waals surface area contributed by atoms with Crippen LogP contribution in [0.1, 0.15) is 30.0 Å². The number of aromatic nitrogens is 3. The van der Waals surface area contributed by atoms with E-state index in [0.29, 0.717) is 12.6 Å². The number of ether oxygens (including phenoxy) is 2. The molecular formula is C32H37N7O2. The van der Waals surface area contributed by atoms with E-state index >= 15 is 0 Å². The van der Waals surface area contributed by atoms with E-state index in [0.717, 1.165) is 88.4 Å². The molecule has 0 radical (unpaired) electrons. The van der Waals surface area contributed by atoms with Crippen LogP contribution >= 0.6 is 0 Å². The van der Waals surface area contributed by atoms with Crippen molar-refractivity contribution < 1.29 is 9.47 Å². The average Bonchev–Trinajstić information content (AvgIpc) is 3.33. The number of allylic oxidation sites excluding steroid dienone is 1. The van der Waals surface area contributed by atoms with E-state index in [4.69, 9.17) is 19.5 Å². The Labute approximate surface area is 241 Å². The van der Waals surface area contributed by atoms with Gasteiger partial charge in [0, 0.05) is 50.8 Å². The predicted octanol–water partition coefficient (Wildman–Crippen LogP) is 5.67. The van der Waals surface area contributed by atoms with Gasteiger partial charge in [0.2, 0.25) is 0 Å². The van der Waals surface area contributed by atoms with E-state index in [1.54, 1.807) is 0 Å². The van der Waals surface area contributed by atoms with E-state index in [1.807, 2.05) is 73.7 Å². The van der Waals surface area contributed by atoms with E-state index in [2.05, 4.69) is 47.1 Å². The molecule has 2 aromatic heterocycles. The fraction of sp³-hybridized carbons (Fsp3) is 0.344. The van der Waals surface area contributed by atoms with Crippen molar-refractivity contribution in [2.45, 2.75) is 33.2 Å². The Hall–Kier alpha value is -4.37. The van der Waals surface area contributed by atoms with Gasteiger partial charge in [-0.15, -0.1) is 0 Å². The molecule has 2 aliphatic heterocycles. The SMILES string of the molecule is CC/C=C/N=C(Nc1ccc(Oc2ccc3c(c2)ncn3C)c(C)c1)c1c(C)cnc2c1OCC1CN(C)CCN21. The molecule has 1 fully saturated rings. The number of anilines is 2. The molecule has 2 aromatic carbocycles. The molecule has 0 amide bonds. The Morgan fingerprint density at radius 1 is 1.12 bits per heavy atom. The van der Waals surface area contributed by atoms with Crippen molar-refractivity contribution in [2.24, 2.45) is 12.0 Å². The molecule has 4 aromatic rings. The van der Waals surface area contributed by atoms with Gasteiger partial charge in [0.15, 0.2) is 11.6 Å². The molecule has 9 nitrogen and oxygen atoms in total. The van der Waals surface area contributed by atoms with Crippen LogP contribution in [0.3, 0.4) is 0 Å². The highest BCUT2D eigenvalue weighted by Gasteiger charge is 2.35. The number of benzene rings is 2. The lowest BCUT2D eigenvalue weighted by molar-refractivity contribution is 0.186. The molecule has 1 saturated heterocycles. The van der Waals surface area contributed by atoms with Crippen LogP contribution in [0.2, 0.25) is 0 Å². The van der Waals surface area contributed by atoms with Crippen molar-refractivity contribution in [3.05, 3.63) is 77.9 Å². The second-order valence-corrected chi connectivity index (χ2v) is 10.9. The maximum atomic E-state index is 6.42. The Morgan fingerprint density at radius 2 is 2.00 bits per heavy atom. The predicted molar refractivity (Wildman–Crippen MR) is 165 cm³/mol. The maximum absolute atomic E-state index is 6.42. The number of aryl methyl sites for hydroxylation is 3. The Balaban J connectivity index is 1.29. The highest BCUT2D eigenvalue weighted by atomic mass is 16.5. The number of rotatable bonds is 6. The lowest BCUT2D eigenvalue weighted by atomic mass is 10.0. The first kappa shape index (κ1) is 26.8. The second-order valence-electron chi connectivity index (χ2n) is 10.9. The zero-order valence-electron chi connectivity index (χ0n) is 24.4. The number of amidine groups is 1. The Bertz CT molecular complexity index is 1640. The summed E-state index contributed by atoms with van der Waals surface area (Å²) >= 11 is 0. The standard InChI is InChI=1S/C32H37N7O2/c1-6-7-12-33-31(29-22(3)17-34-32-30(29)40-19-24-18-37(4)13-14-39(24)32)36-23-8-11-28(21(2)15-23)41-25-9-10-27-26(16-25)35-20-38(27)5/h7-12,15-17,20,24H,6,13-14,18-19H2,1-5H3,(H,33,36)/b12-7+. The minimum atomic E-state index is 0.297. The quantitative estimate of drug-likeness (QED) is 0.244. The zero-order valence-corrected chi connectivity index (χ0v) is 24.4. The smallest absolute Gasteiger partial charge is 0.173 e. The highest BCUT2D eigenvalue weighted by molar-refractivity contribution is 6.12. The van der Waals surface area contributed by atoms with E-state index in [-0.39, 0.29) is 0 Å². The summed E-state index contributed by atoms with van der Waals surface area (Å²) in [6.07, 6.45) is 8.54. The van der Waals surface area contributed by atoms with Gasteiger partial charge in [-0.1, -0.05) is 13.0 Å². The van der Waals surface area contributed by atoms with Crippen molar-refractivity contribution >= 4 is 28.4 Å². The molecule has 0 saturated carbocycles. The van der Waals surface area contributed by atoms with Gasteiger partial charge in [0.1, 0.15) is 23.9 Å². The number of nitrogens with zero attached hydrogens (tertiary/aromatic N) is 6. The maximum Gasteiger partial charge on any atom is 0.173 e. The molecule has 4 heterocycles. The number of fused-ring (bicyclic) bond motifs is 4. The van der Waals surface area contributed by atoms with Gasteiger partial charge in [-0.25, -0.2) is 15.0 Å². The van der Waals surface area contributed by atoms with Crippen LogP contribution in [0.15, 0.2) is 66.2 Å². The van der Waals surface area contributed by atoms with Crippen molar-refractivity contribution in [1.29, 1.82) is 0 Å². The van der Waals surface area contributed by atoms with Crippen LogP contribution in [0, 0.1) is 13.8 Å². The van der Waals surface area contributed by atoms with Crippen LogP contribution in [0.5, 0.6) is 17.2 Å². The lowest BCUT2D eigenvalue weighted by Crippen LogP contribution is -2.56. The number of hydrogen-bond donors (Lipinski definition) is 1. The molecule has 2 aliphatic rings. The third-order valence-electron chi connectivity index (χ3n) is 7.73. The molecule has 1 N–H and O–H groups in total. The van der Waals surface area contributed by atoms with Crippen molar-refractivity contribution in [2.75, 3.05) is 43.5 Å². The molecule has 1 atom stereocenters. The number of imidazole rings is 1. The molecule has 212 valence electrons. The summed E-state index contributed by atoms with van der Waals surface area (Å²) < 4.78 is 14.7. The molecule has 9 heteroatoms. The van der Waals surface area contributed by atoms with Gasteiger partial charge in [-0.05, 0) is 68.8 Å². The molecule has 0 aliphatic carbocycles. The van der Waals surface area contributed by atoms with Gasteiger partial charge >= 0.3 is 0 Å². The zero-order chi connectivity index (χ0) is 28.5. The van der Waals surface area contributed by atoms with E-state index < -0.39 is 0 Å². The fourth-order valence-corrected chi connectivity index (χ4v) is 5.50. The normalized spacial score (nSPS) is 17.4. The van der Waals surface area contributed by atoms with Crippen molar-refractivity contribution in [3.63, 3.8) is 0 Å². The monoisotopic (exact) mass is 551 g/mol. The van der Waals surface area contributed by atoms with E-state index in [9.17, 15) is 0 Å². The number of piperazine rings is 1. The van der Waals surface area contributed by atoms with Crippen molar-refractivity contribution in [3.8, 4) is 17.2 Å². The molecule has 0 bridgehead atoms. The van der Waals surface area contributed by atoms with Crippen LogP contribution in [-0.2, 0) is 7.05 Å². The number of pyridine rings is 1. The topological polar surface area (TPSA) is 80.0 Å². The first-order valence-electron chi connectivity index (χ1n) is 14.2. The van der Waals surface area contributed by atoms with Gasteiger partial charge in [0.25, 0.3) is 0 Å². The number of aliphatic imine (C=N–C) groups is 1. The van der Waals surface area contributed by atoms with Gasteiger partial charge in [0.05, 0.1) is 29.0 Å². The summed E-state index contributed by atoms with van der Waals surface area (Å²) in [6, 6.07) is 12.3. The second kappa shape index (κ2) is 11.2. The summed E-state index contributed by atoms with van der Waals surface area (Å²) in [7, 11) is 4.15. The fourth-order valence-electron chi connectivity index (χ4n) is 5.50. The summed E-state index contributed by atoms with van der Waals surface area (Å²) in [5.41, 5.74) is 5.84. The van der Waals surface area contributed by atoms with E-state index in [1.165, 1.54) is 0 Å². The molecule has 1 unspecified atom stereocenters. The van der Waals surface area contributed by atoms with Crippen LogP contribution in [0.25, 0.3) is 11.0 Å².